The van der Waals surface area contributed by atoms with Gasteiger partial charge >= 0.3 is 0 Å². The Hall–Kier alpha value is -1.65. The summed E-state index contributed by atoms with van der Waals surface area (Å²) in [5, 5.41) is 4.17. The van der Waals surface area contributed by atoms with E-state index in [1.165, 1.54) is 11.1 Å². The summed E-state index contributed by atoms with van der Waals surface area (Å²) in [4.78, 5) is 11.8. The van der Waals surface area contributed by atoms with Crippen LogP contribution >= 0.6 is 11.6 Å². The Morgan fingerprint density at radius 1 is 1.13 bits per heavy atom. The minimum atomic E-state index is 0.770. The Kier molecular flexibility index (Phi) is 5.13. The molecular weight excluding hydrogens is 308 g/mol. The maximum Gasteiger partial charge on any atom is 0.136 e. The molecule has 0 atom stereocenters. The van der Waals surface area contributed by atoms with Gasteiger partial charge in [-0.1, -0.05) is 30.7 Å². The van der Waals surface area contributed by atoms with Crippen molar-refractivity contribution in [3.05, 3.63) is 51.9 Å². The van der Waals surface area contributed by atoms with Crippen LogP contribution in [0.15, 0.2) is 24.3 Å². The maximum atomic E-state index is 6.01. The number of rotatable bonds is 4. The van der Waals surface area contributed by atoms with Crippen LogP contribution in [0.3, 0.4) is 0 Å². The first-order valence-corrected chi connectivity index (χ1v) is 8.61. The van der Waals surface area contributed by atoms with E-state index >= 15 is 0 Å². The number of piperazine rings is 1. The van der Waals surface area contributed by atoms with Gasteiger partial charge in [-0.2, -0.15) is 0 Å². The second-order valence-electron chi connectivity index (χ2n) is 5.91. The molecule has 122 valence electrons. The van der Waals surface area contributed by atoms with E-state index in [2.05, 4.69) is 34.3 Å². The van der Waals surface area contributed by atoms with Gasteiger partial charge in [0.25, 0.3) is 0 Å². The summed E-state index contributed by atoms with van der Waals surface area (Å²) in [6, 6.07) is 8.07. The number of hydrogen-bond donors (Lipinski definition) is 1. The van der Waals surface area contributed by atoms with Crippen molar-refractivity contribution in [2.24, 2.45) is 0 Å². The molecule has 2 aromatic rings. The summed E-state index contributed by atoms with van der Waals surface area (Å²) in [6.07, 6.45) is 1.77. The van der Waals surface area contributed by atoms with Crippen LogP contribution in [0.5, 0.6) is 0 Å². The number of aryl methyl sites for hydroxylation is 2. The Morgan fingerprint density at radius 2 is 1.83 bits per heavy atom. The number of nitrogens with zero attached hydrogens (tertiary/aromatic N) is 3. The normalized spacial score (nSPS) is 15.0. The molecule has 5 heteroatoms. The zero-order valence-electron chi connectivity index (χ0n) is 13.8. The van der Waals surface area contributed by atoms with E-state index in [1.54, 1.807) is 0 Å². The molecule has 0 unspecified atom stereocenters. The van der Waals surface area contributed by atoms with Gasteiger partial charge in [0, 0.05) is 48.9 Å². The molecule has 1 N–H and O–H groups in total. The number of halogens is 1. The second kappa shape index (κ2) is 7.28. The van der Waals surface area contributed by atoms with Gasteiger partial charge < -0.3 is 10.2 Å². The number of aromatic nitrogens is 2. The van der Waals surface area contributed by atoms with Gasteiger partial charge in [0.05, 0.1) is 0 Å². The zero-order valence-corrected chi connectivity index (χ0v) is 14.5. The van der Waals surface area contributed by atoms with Gasteiger partial charge in [-0.15, -0.1) is 0 Å². The lowest BCUT2D eigenvalue weighted by Gasteiger charge is -2.31. The van der Waals surface area contributed by atoms with E-state index in [1.807, 2.05) is 19.1 Å². The molecular formula is C18H23ClN4. The Morgan fingerprint density at radius 3 is 2.48 bits per heavy atom. The van der Waals surface area contributed by atoms with Crippen LogP contribution in [0.1, 0.15) is 29.6 Å². The molecule has 2 heterocycles. The lowest BCUT2D eigenvalue weighted by Crippen LogP contribution is -2.44. The molecule has 3 rings (SSSR count). The van der Waals surface area contributed by atoms with Crippen molar-refractivity contribution < 1.29 is 0 Å². The summed E-state index contributed by atoms with van der Waals surface area (Å²) in [7, 11) is 0. The van der Waals surface area contributed by atoms with Crippen molar-refractivity contribution in [1.82, 2.24) is 15.3 Å². The van der Waals surface area contributed by atoms with E-state index in [9.17, 15) is 0 Å². The molecule has 0 saturated carbocycles. The van der Waals surface area contributed by atoms with E-state index in [4.69, 9.17) is 16.6 Å². The predicted molar refractivity (Wildman–Crippen MR) is 95.5 cm³/mol. The highest BCUT2D eigenvalue weighted by molar-refractivity contribution is 6.30. The van der Waals surface area contributed by atoms with Gasteiger partial charge in [-0.3, -0.25) is 0 Å². The first-order chi connectivity index (χ1) is 11.2. The summed E-state index contributed by atoms with van der Waals surface area (Å²) >= 11 is 6.01. The van der Waals surface area contributed by atoms with Crippen molar-refractivity contribution in [3.63, 3.8) is 0 Å². The van der Waals surface area contributed by atoms with Crippen molar-refractivity contribution >= 4 is 17.4 Å². The van der Waals surface area contributed by atoms with E-state index in [0.717, 1.165) is 61.4 Å². The van der Waals surface area contributed by atoms with Crippen molar-refractivity contribution in [1.29, 1.82) is 0 Å². The Bertz CT molecular complexity index is 663. The largest absolute Gasteiger partial charge is 0.354 e. The minimum absolute atomic E-state index is 0.770. The summed E-state index contributed by atoms with van der Waals surface area (Å²) in [5.41, 5.74) is 3.65. The number of nitrogens with one attached hydrogen (secondary N) is 1. The van der Waals surface area contributed by atoms with Crippen LogP contribution in [-0.2, 0) is 12.8 Å². The lowest BCUT2D eigenvalue weighted by molar-refractivity contribution is 0.581. The number of anilines is 1. The smallest absolute Gasteiger partial charge is 0.136 e. The molecule has 1 aliphatic rings. The van der Waals surface area contributed by atoms with Gasteiger partial charge in [0.15, 0.2) is 0 Å². The third-order valence-electron chi connectivity index (χ3n) is 4.23. The Balaban J connectivity index is 1.99. The monoisotopic (exact) mass is 330 g/mol. The van der Waals surface area contributed by atoms with Gasteiger partial charge in [0.2, 0.25) is 0 Å². The molecule has 1 aromatic heterocycles. The zero-order chi connectivity index (χ0) is 16.2. The third kappa shape index (κ3) is 3.82. The molecule has 0 amide bonds. The standard InChI is InChI=1S/C18H23ClN4/c1-3-17-16(12-14-4-6-15(19)7-5-14)18(22-13(2)21-17)23-10-8-20-9-11-23/h4-7,20H,3,8-12H2,1-2H3. The Labute approximate surface area is 142 Å². The predicted octanol–water partition coefficient (Wildman–Crippen LogP) is 3.00. The highest BCUT2D eigenvalue weighted by Gasteiger charge is 2.19. The number of hydrogen-bond acceptors (Lipinski definition) is 4. The molecule has 0 radical (unpaired) electrons. The highest BCUT2D eigenvalue weighted by atomic mass is 35.5. The van der Waals surface area contributed by atoms with E-state index in [-0.39, 0.29) is 0 Å². The fourth-order valence-electron chi connectivity index (χ4n) is 3.06. The third-order valence-corrected chi connectivity index (χ3v) is 4.48. The first kappa shape index (κ1) is 16.2. The quantitative estimate of drug-likeness (QED) is 0.935. The molecule has 1 saturated heterocycles. The van der Waals surface area contributed by atoms with Crippen LogP contribution < -0.4 is 10.2 Å². The van der Waals surface area contributed by atoms with E-state index < -0.39 is 0 Å². The van der Waals surface area contributed by atoms with Crippen molar-refractivity contribution in [3.8, 4) is 0 Å². The average molecular weight is 331 g/mol. The first-order valence-electron chi connectivity index (χ1n) is 8.24. The van der Waals surface area contributed by atoms with Crippen LogP contribution in [0, 0.1) is 6.92 Å². The van der Waals surface area contributed by atoms with E-state index in [0.29, 0.717) is 0 Å². The van der Waals surface area contributed by atoms with Crippen molar-refractivity contribution in [2.45, 2.75) is 26.7 Å². The summed E-state index contributed by atoms with van der Waals surface area (Å²) in [5.74, 6) is 1.96. The van der Waals surface area contributed by atoms with Crippen LogP contribution in [0.25, 0.3) is 0 Å². The van der Waals surface area contributed by atoms with Crippen LogP contribution in [0.4, 0.5) is 5.82 Å². The second-order valence-corrected chi connectivity index (χ2v) is 6.35. The highest BCUT2D eigenvalue weighted by Crippen LogP contribution is 2.25. The van der Waals surface area contributed by atoms with Crippen LogP contribution in [0.2, 0.25) is 5.02 Å². The molecule has 0 bridgehead atoms. The molecule has 1 aromatic carbocycles. The van der Waals surface area contributed by atoms with Gasteiger partial charge in [-0.25, -0.2) is 9.97 Å². The fourth-order valence-corrected chi connectivity index (χ4v) is 3.18. The lowest BCUT2D eigenvalue weighted by atomic mass is 10.0. The average Bonchev–Trinajstić information content (AvgIpc) is 2.58. The van der Waals surface area contributed by atoms with Crippen molar-refractivity contribution in [2.75, 3.05) is 31.1 Å². The molecule has 1 aliphatic heterocycles. The molecule has 1 fully saturated rings. The molecule has 23 heavy (non-hydrogen) atoms. The van der Waals surface area contributed by atoms with Gasteiger partial charge in [-0.05, 0) is 31.0 Å². The summed E-state index contributed by atoms with van der Waals surface area (Å²) < 4.78 is 0. The SMILES string of the molecule is CCc1nc(C)nc(N2CCNCC2)c1Cc1ccc(Cl)cc1. The van der Waals surface area contributed by atoms with Gasteiger partial charge in [0.1, 0.15) is 11.6 Å². The summed E-state index contributed by atoms with van der Waals surface area (Å²) in [6.45, 7) is 8.14. The maximum absolute atomic E-state index is 6.01. The fraction of sp³-hybridized carbons (Fsp3) is 0.444. The minimum Gasteiger partial charge on any atom is -0.354 e. The molecule has 4 nitrogen and oxygen atoms in total. The molecule has 0 spiro atoms. The van der Waals surface area contributed by atoms with Crippen LogP contribution in [-0.4, -0.2) is 36.1 Å². The number of benzene rings is 1. The topological polar surface area (TPSA) is 41.1 Å². The molecule has 0 aliphatic carbocycles.